The van der Waals surface area contributed by atoms with E-state index in [0.29, 0.717) is 59.7 Å². The van der Waals surface area contributed by atoms with Gasteiger partial charge in [0.2, 0.25) is 0 Å². The first-order chi connectivity index (χ1) is 29.6. The van der Waals surface area contributed by atoms with Crippen LogP contribution in [0, 0.1) is 23.5 Å². The van der Waals surface area contributed by atoms with E-state index in [2.05, 4.69) is 59.9 Å². The average Bonchev–Trinajstić information content (AvgIpc) is 4.08. The number of halogens is 3. The number of hydrogen-bond acceptors (Lipinski definition) is 10. The number of alkyl halides is 1. The van der Waals surface area contributed by atoms with Crippen molar-refractivity contribution in [3.05, 3.63) is 128 Å². The summed E-state index contributed by atoms with van der Waals surface area (Å²) in [5, 5.41) is 13.6. The minimum absolute atomic E-state index is 0. The summed E-state index contributed by atoms with van der Waals surface area (Å²) in [6, 6.07) is 13.2. The number of aromatic nitrogens is 8. The van der Waals surface area contributed by atoms with Gasteiger partial charge >= 0.3 is 0 Å². The molecule has 4 fully saturated rings. The summed E-state index contributed by atoms with van der Waals surface area (Å²) in [5.74, 6) is 4.56. The van der Waals surface area contributed by atoms with Crippen LogP contribution in [-0.4, -0.2) is 96.7 Å². The molecule has 10 rings (SSSR count). The highest BCUT2D eigenvalue weighted by molar-refractivity contribution is 9.08. The molecule has 17 heteroatoms. The molecule has 0 saturated carbocycles. The molecule has 0 aliphatic carbocycles. The fraction of sp³-hybridized carbons (Fsp3) is 0.511. The number of likely N-dealkylation sites (tertiary alicyclic amines) is 1. The molecule has 0 bridgehead atoms. The highest BCUT2D eigenvalue weighted by Gasteiger charge is 2.34. The lowest BCUT2D eigenvalue weighted by atomic mass is 9.97. The van der Waals surface area contributed by atoms with E-state index in [1.165, 1.54) is 18.2 Å². The molecule has 4 unspecified atom stereocenters. The zero-order valence-corrected chi connectivity index (χ0v) is 36.1. The van der Waals surface area contributed by atoms with E-state index >= 15 is 0 Å². The molecule has 0 spiro atoms. The van der Waals surface area contributed by atoms with E-state index in [1.807, 2.05) is 12.1 Å². The van der Waals surface area contributed by atoms with Crippen molar-refractivity contribution in [2.75, 3.05) is 52.6 Å². The molecule has 4 aromatic heterocycles. The van der Waals surface area contributed by atoms with Crippen molar-refractivity contribution in [2.45, 2.75) is 82.5 Å². The maximum atomic E-state index is 13.5. The van der Waals surface area contributed by atoms with Crippen molar-refractivity contribution in [1.29, 1.82) is 0 Å². The summed E-state index contributed by atoms with van der Waals surface area (Å²) < 4.78 is 40.2. The predicted molar refractivity (Wildman–Crippen MR) is 237 cm³/mol. The number of nitrogens with zero attached hydrogens (tertiary/aromatic N) is 7. The third-order valence-corrected chi connectivity index (χ3v) is 13.0. The van der Waals surface area contributed by atoms with Crippen LogP contribution in [0.2, 0.25) is 0 Å². The van der Waals surface area contributed by atoms with Gasteiger partial charge in [-0.2, -0.15) is 10.2 Å². The van der Waals surface area contributed by atoms with Crippen LogP contribution in [-0.2, 0) is 21.3 Å². The first kappa shape index (κ1) is 45.3. The molecule has 2 aromatic carbocycles. The van der Waals surface area contributed by atoms with E-state index in [9.17, 15) is 18.4 Å². The first-order valence-corrected chi connectivity index (χ1v) is 22.4. The van der Waals surface area contributed by atoms with Gasteiger partial charge in [-0.15, -0.1) is 0 Å². The molecule has 0 radical (unpaired) electrons. The van der Waals surface area contributed by atoms with Gasteiger partial charge in [-0.05, 0) is 79.5 Å². The van der Waals surface area contributed by atoms with E-state index in [-0.39, 0.29) is 47.9 Å². The molecule has 4 saturated heterocycles. The molecular formula is C45H57BrF2N10O4. The SMILES string of the molecule is C.CC1CN(Cc2cccc(F)c2)CC1c1nn2c(C3CCOCC3)ncc2c(=O)[nH]1.CC1CNCC1c1nn2c(C3CCOCC3)ncc2c(=O)[nH]1.Fc1cccc(CBr)c1. The van der Waals surface area contributed by atoms with Gasteiger partial charge in [-0.25, -0.2) is 27.8 Å². The van der Waals surface area contributed by atoms with Crippen LogP contribution in [0.25, 0.3) is 11.0 Å². The number of imidazole rings is 2. The molecule has 0 amide bonds. The number of H-pyrrole nitrogens is 2. The third-order valence-electron chi connectivity index (χ3n) is 12.3. The van der Waals surface area contributed by atoms with Crippen molar-refractivity contribution in [3.63, 3.8) is 0 Å². The number of ether oxygens (including phenoxy) is 2. The molecule has 4 aliphatic rings. The maximum Gasteiger partial charge on any atom is 0.276 e. The molecular weight excluding hydrogens is 862 g/mol. The molecule has 14 nitrogen and oxygen atoms in total. The average molecular weight is 920 g/mol. The third kappa shape index (κ3) is 10.4. The van der Waals surface area contributed by atoms with E-state index < -0.39 is 0 Å². The first-order valence-electron chi connectivity index (χ1n) is 21.2. The maximum absolute atomic E-state index is 13.5. The Morgan fingerprint density at radius 1 is 0.710 bits per heavy atom. The van der Waals surface area contributed by atoms with Gasteiger partial charge < -0.3 is 24.8 Å². The van der Waals surface area contributed by atoms with Gasteiger partial charge in [0.25, 0.3) is 11.1 Å². The number of aromatic amines is 2. The van der Waals surface area contributed by atoms with E-state index in [1.54, 1.807) is 39.6 Å². The smallest absolute Gasteiger partial charge is 0.276 e. The lowest BCUT2D eigenvalue weighted by molar-refractivity contribution is 0.0831. The topological polar surface area (TPSA) is 160 Å². The van der Waals surface area contributed by atoms with Gasteiger partial charge in [0.05, 0.1) is 12.4 Å². The Balaban J connectivity index is 0.000000158. The standard InChI is InChI=1S/C22H26FN5O2.C15H21N5O2.C7H6BrF.CH4/c1-14-11-27(12-15-3-2-4-17(23)9-15)13-18(14)20-25-22(29)19-10-24-21(28(19)26-20)16-5-7-30-8-6-16;1-9-6-16-7-11(9)13-18-15(21)12-8-17-14(20(12)19-13)10-2-4-22-5-3-10;8-5-6-2-1-3-7(9)4-6;/h2-4,9-10,14,16,18H,5-8,11-13H2,1H3,(H,25,26,29);8-11,16H,2-7H2,1H3,(H,18,19,21);1-4H,5H2;1H4. The number of nitrogens with one attached hydrogen (secondary N) is 3. The van der Waals surface area contributed by atoms with Crippen LogP contribution in [0.1, 0.15) is 105 Å². The summed E-state index contributed by atoms with van der Waals surface area (Å²) in [7, 11) is 0. The number of benzene rings is 2. The Kier molecular flexibility index (Phi) is 15.1. The quantitative estimate of drug-likeness (QED) is 0.148. The van der Waals surface area contributed by atoms with Gasteiger partial charge in [0, 0.05) is 81.6 Å². The summed E-state index contributed by atoms with van der Waals surface area (Å²) in [6.07, 6.45) is 6.91. The predicted octanol–water partition coefficient (Wildman–Crippen LogP) is 6.68. The summed E-state index contributed by atoms with van der Waals surface area (Å²) in [5.41, 5.74) is 2.69. The second kappa shape index (κ2) is 20.7. The molecule has 4 atom stereocenters. The van der Waals surface area contributed by atoms with Crippen LogP contribution < -0.4 is 16.4 Å². The Bertz CT molecular complexity index is 2530. The fourth-order valence-electron chi connectivity index (χ4n) is 8.91. The van der Waals surface area contributed by atoms with Crippen molar-refractivity contribution in [3.8, 4) is 0 Å². The molecule has 332 valence electrons. The summed E-state index contributed by atoms with van der Waals surface area (Å²) >= 11 is 3.22. The highest BCUT2D eigenvalue weighted by atomic mass is 79.9. The van der Waals surface area contributed by atoms with Crippen LogP contribution in [0.3, 0.4) is 0 Å². The van der Waals surface area contributed by atoms with E-state index in [4.69, 9.17) is 19.7 Å². The van der Waals surface area contributed by atoms with Gasteiger partial charge in [0.15, 0.2) is 11.0 Å². The number of hydrogen-bond donors (Lipinski definition) is 3. The van der Waals surface area contributed by atoms with Crippen LogP contribution >= 0.6 is 15.9 Å². The molecule has 8 heterocycles. The Hall–Kier alpha value is -4.68. The monoisotopic (exact) mass is 918 g/mol. The normalized spacial score (nSPS) is 22.2. The van der Waals surface area contributed by atoms with Crippen molar-refractivity contribution >= 4 is 27.0 Å². The molecule has 62 heavy (non-hydrogen) atoms. The highest BCUT2D eigenvalue weighted by Crippen LogP contribution is 2.32. The van der Waals surface area contributed by atoms with Crippen LogP contribution in [0.5, 0.6) is 0 Å². The second-order valence-corrected chi connectivity index (χ2v) is 17.3. The van der Waals surface area contributed by atoms with Gasteiger partial charge in [0.1, 0.15) is 34.9 Å². The zero-order chi connectivity index (χ0) is 42.5. The van der Waals surface area contributed by atoms with Crippen molar-refractivity contribution in [2.24, 2.45) is 11.8 Å². The van der Waals surface area contributed by atoms with Crippen LogP contribution in [0.4, 0.5) is 8.78 Å². The molecule has 3 N–H and O–H groups in total. The number of fused-ring (bicyclic) bond motifs is 2. The zero-order valence-electron chi connectivity index (χ0n) is 34.5. The Morgan fingerprint density at radius 3 is 1.71 bits per heavy atom. The minimum atomic E-state index is -0.214. The number of rotatable bonds is 7. The lowest BCUT2D eigenvalue weighted by Gasteiger charge is -2.21. The minimum Gasteiger partial charge on any atom is -0.381 e. The second-order valence-electron chi connectivity index (χ2n) is 16.7. The van der Waals surface area contributed by atoms with E-state index in [0.717, 1.165) is 93.7 Å². The molecule has 4 aliphatic heterocycles. The summed E-state index contributed by atoms with van der Waals surface area (Å²) in [4.78, 5) is 42.3. The Morgan fingerprint density at radius 2 is 1.23 bits per heavy atom. The van der Waals surface area contributed by atoms with Crippen LogP contribution in [0.15, 0.2) is 70.5 Å². The van der Waals surface area contributed by atoms with Gasteiger partial charge in [-0.1, -0.05) is 61.5 Å². The lowest BCUT2D eigenvalue weighted by Crippen LogP contribution is -2.24. The van der Waals surface area contributed by atoms with Gasteiger partial charge in [-0.3, -0.25) is 14.5 Å². The molecule has 6 aromatic rings. The fourth-order valence-corrected chi connectivity index (χ4v) is 9.26. The largest absolute Gasteiger partial charge is 0.381 e. The van der Waals surface area contributed by atoms with Crippen molar-refractivity contribution < 1.29 is 18.3 Å². The Labute approximate surface area is 368 Å². The van der Waals surface area contributed by atoms with Crippen molar-refractivity contribution in [1.82, 2.24) is 49.4 Å². The summed E-state index contributed by atoms with van der Waals surface area (Å²) in [6.45, 7) is 11.4.